The quantitative estimate of drug-likeness (QED) is 0.509. The minimum Gasteiger partial charge on any atom is -0.444 e. The third-order valence-electron chi connectivity index (χ3n) is 4.44. The molecule has 1 aromatic carbocycles. The van der Waals surface area contributed by atoms with Gasteiger partial charge in [-0.25, -0.2) is 9.18 Å². The van der Waals surface area contributed by atoms with Crippen LogP contribution < -0.4 is 10.6 Å². The predicted molar refractivity (Wildman–Crippen MR) is 109 cm³/mol. The minimum absolute atomic E-state index is 0.0465. The number of amides is 2. The van der Waals surface area contributed by atoms with Crippen molar-refractivity contribution in [2.75, 3.05) is 13.1 Å². The van der Waals surface area contributed by atoms with E-state index in [0.717, 1.165) is 12.1 Å². The molecule has 0 spiro atoms. The van der Waals surface area contributed by atoms with Crippen molar-refractivity contribution in [2.45, 2.75) is 51.6 Å². The van der Waals surface area contributed by atoms with Crippen LogP contribution in [0.2, 0.25) is 0 Å². The second-order valence-electron chi connectivity index (χ2n) is 8.38. The van der Waals surface area contributed by atoms with Crippen LogP contribution in [-0.2, 0) is 15.7 Å². The Kier molecular flexibility index (Phi) is 7.18. The number of ether oxygens (including phenoxy) is 1. The maximum absolute atomic E-state index is 14.9. The summed E-state index contributed by atoms with van der Waals surface area (Å²) in [6, 6.07) is 4.45. The maximum atomic E-state index is 14.9. The third kappa shape index (κ3) is 7.11. The van der Waals surface area contributed by atoms with Gasteiger partial charge < -0.3 is 15.4 Å². The second-order valence-corrected chi connectivity index (χ2v) is 8.38. The fraction of sp³-hybridized carbons (Fsp3) is 0.455. The first-order valence-corrected chi connectivity index (χ1v) is 9.73. The third-order valence-corrected chi connectivity index (χ3v) is 4.44. The SMILES string of the molecule is CC(C)(C)OC(=O)NCCNC(=O)C1=CC(c2ccc(C(F)(F)F)cc2)=CCC1(C)F. The van der Waals surface area contributed by atoms with Crippen molar-refractivity contribution in [3.05, 3.63) is 53.1 Å². The first-order valence-electron chi connectivity index (χ1n) is 9.73. The van der Waals surface area contributed by atoms with Crippen LogP contribution in [0.3, 0.4) is 0 Å². The van der Waals surface area contributed by atoms with Crippen LogP contribution in [-0.4, -0.2) is 36.4 Å². The summed E-state index contributed by atoms with van der Waals surface area (Å²) in [6.07, 6.45) is -2.31. The van der Waals surface area contributed by atoms with Crippen molar-refractivity contribution in [3.63, 3.8) is 0 Å². The molecule has 0 radical (unpaired) electrons. The molecule has 170 valence electrons. The first kappa shape index (κ1) is 24.4. The van der Waals surface area contributed by atoms with Gasteiger partial charge in [0, 0.05) is 19.5 Å². The molecule has 5 nitrogen and oxygen atoms in total. The molecular weight excluding hydrogens is 416 g/mol. The van der Waals surface area contributed by atoms with Crippen LogP contribution in [0.1, 0.15) is 45.2 Å². The van der Waals surface area contributed by atoms with Crippen molar-refractivity contribution in [1.29, 1.82) is 0 Å². The van der Waals surface area contributed by atoms with Crippen LogP contribution in [0, 0.1) is 0 Å². The van der Waals surface area contributed by atoms with Crippen molar-refractivity contribution in [2.24, 2.45) is 0 Å². The summed E-state index contributed by atoms with van der Waals surface area (Å²) >= 11 is 0. The molecule has 1 aliphatic rings. The highest BCUT2D eigenvalue weighted by atomic mass is 19.4. The number of hydrogen-bond donors (Lipinski definition) is 2. The molecule has 0 fully saturated rings. The summed E-state index contributed by atoms with van der Waals surface area (Å²) in [4.78, 5) is 24.1. The lowest BCUT2D eigenvalue weighted by Gasteiger charge is -2.26. The number of alkyl carbamates (subject to hydrolysis) is 1. The van der Waals surface area contributed by atoms with E-state index in [2.05, 4.69) is 10.6 Å². The molecular formula is C22H26F4N2O3. The summed E-state index contributed by atoms with van der Waals surface area (Å²) in [5, 5.41) is 5.01. The Balaban J connectivity index is 2.03. The van der Waals surface area contributed by atoms with E-state index in [1.165, 1.54) is 25.1 Å². The molecule has 0 saturated heterocycles. The Hall–Kier alpha value is -2.84. The fourth-order valence-electron chi connectivity index (χ4n) is 2.88. The van der Waals surface area contributed by atoms with E-state index in [1.54, 1.807) is 26.8 Å². The van der Waals surface area contributed by atoms with Gasteiger partial charge in [-0.3, -0.25) is 4.79 Å². The van der Waals surface area contributed by atoms with Gasteiger partial charge in [-0.2, -0.15) is 13.2 Å². The number of nitrogens with one attached hydrogen (secondary N) is 2. The monoisotopic (exact) mass is 442 g/mol. The van der Waals surface area contributed by atoms with Gasteiger partial charge >= 0.3 is 12.3 Å². The molecule has 1 unspecified atom stereocenters. The number of alkyl halides is 4. The van der Waals surface area contributed by atoms with Crippen LogP contribution in [0.15, 0.2) is 42.0 Å². The standard InChI is InChI=1S/C22H26F4N2O3/c1-20(2,3)31-19(30)28-12-11-27-18(29)17-13-15(9-10-21(17,4)23)14-5-7-16(8-6-14)22(24,25)26/h5-9,13H,10-12H2,1-4H3,(H,27,29)(H,28,30). The highest BCUT2D eigenvalue weighted by molar-refractivity contribution is 5.99. The lowest BCUT2D eigenvalue weighted by Crippen LogP contribution is -2.41. The number of benzene rings is 1. The lowest BCUT2D eigenvalue weighted by molar-refractivity contribution is -0.137. The molecule has 1 aliphatic carbocycles. The molecule has 0 aliphatic heterocycles. The molecule has 0 aromatic heterocycles. The fourth-order valence-corrected chi connectivity index (χ4v) is 2.88. The molecule has 31 heavy (non-hydrogen) atoms. The summed E-state index contributed by atoms with van der Waals surface area (Å²) in [6.45, 7) is 6.54. The minimum atomic E-state index is -4.45. The predicted octanol–water partition coefficient (Wildman–Crippen LogP) is 4.79. The maximum Gasteiger partial charge on any atom is 0.416 e. The number of allylic oxidation sites excluding steroid dienone is 3. The van der Waals surface area contributed by atoms with E-state index in [0.29, 0.717) is 11.1 Å². The lowest BCUT2D eigenvalue weighted by atomic mass is 9.84. The zero-order chi connectivity index (χ0) is 23.4. The number of carbonyl (C=O) groups excluding carboxylic acids is 2. The number of rotatable bonds is 5. The van der Waals surface area contributed by atoms with E-state index in [-0.39, 0.29) is 25.1 Å². The molecule has 9 heteroatoms. The Labute approximate surface area is 178 Å². The largest absolute Gasteiger partial charge is 0.444 e. The van der Waals surface area contributed by atoms with Crippen LogP contribution in [0.5, 0.6) is 0 Å². The van der Waals surface area contributed by atoms with Crippen molar-refractivity contribution < 1.29 is 31.9 Å². The normalized spacial score (nSPS) is 19.2. The molecule has 0 heterocycles. The van der Waals surface area contributed by atoms with E-state index >= 15 is 0 Å². The van der Waals surface area contributed by atoms with Crippen LogP contribution in [0.25, 0.3) is 5.57 Å². The number of halogens is 4. The highest BCUT2D eigenvalue weighted by Crippen LogP contribution is 2.36. The van der Waals surface area contributed by atoms with Crippen LogP contribution in [0.4, 0.5) is 22.4 Å². The molecule has 2 rings (SSSR count). The van der Waals surface area contributed by atoms with E-state index in [1.807, 2.05) is 0 Å². The van der Waals surface area contributed by atoms with Crippen molar-refractivity contribution >= 4 is 17.6 Å². The Morgan fingerprint density at radius 1 is 1.06 bits per heavy atom. The Morgan fingerprint density at radius 3 is 2.19 bits per heavy atom. The number of carbonyl (C=O) groups is 2. The molecule has 2 amide bonds. The van der Waals surface area contributed by atoms with E-state index in [9.17, 15) is 27.2 Å². The van der Waals surface area contributed by atoms with E-state index < -0.39 is 35.0 Å². The highest BCUT2D eigenvalue weighted by Gasteiger charge is 2.35. The van der Waals surface area contributed by atoms with E-state index in [4.69, 9.17) is 4.74 Å². The summed E-state index contributed by atoms with van der Waals surface area (Å²) in [5.41, 5.74) is -2.61. The molecule has 0 saturated carbocycles. The van der Waals surface area contributed by atoms with Gasteiger partial charge in [-0.05, 0) is 57.0 Å². The second kappa shape index (κ2) is 9.11. The summed E-state index contributed by atoms with van der Waals surface area (Å²) in [5.74, 6) is -0.659. The van der Waals surface area contributed by atoms with Gasteiger partial charge in [-0.15, -0.1) is 0 Å². The van der Waals surface area contributed by atoms with Gasteiger partial charge in [0.1, 0.15) is 11.3 Å². The van der Waals surface area contributed by atoms with Gasteiger partial charge in [-0.1, -0.05) is 18.2 Å². The number of hydrogen-bond acceptors (Lipinski definition) is 3. The average Bonchev–Trinajstić information content (AvgIpc) is 2.63. The van der Waals surface area contributed by atoms with Gasteiger partial charge in [0.15, 0.2) is 0 Å². The molecule has 0 bridgehead atoms. The molecule has 1 atom stereocenters. The van der Waals surface area contributed by atoms with Gasteiger partial charge in [0.05, 0.1) is 11.1 Å². The zero-order valence-corrected chi connectivity index (χ0v) is 17.8. The molecule has 2 N–H and O–H groups in total. The van der Waals surface area contributed by atoms with Crippen molar-refractivity contribution in [3.8, 4) is 0 Å². The summed E-state index contributed by atoms with van der Waals surface area (Å²) in [7, 11) is 0. The van der Waals surface area contributed by atoms with Crippen molar-refractivity contribution in [1.82, 2.24) is 10.6 Å². The molecule has 1 aromatic rings. The average molecular weight is 442 g/mol. The summed E-state index contributed by atoms with van der Waals surface area (Å²) < 4.78 is 58.2. The Bertz CT molecular complexity index is 880. The smallest absolute Gasteiger partial charge is 0.416 e. The zero-order valence-electron chi connectivity index (χ0n) is 17.8. The Morgan fingerprint density at radius 2 is 1.65 bits per heavy atom. The topological polar surface area (TPSA) is 67.4 Å². The van der Waals surface area contributed by atoms with Gasteiger partial charge in [0.25, 0.3) is 5.91 Å². The van der Waals surface area contributed by atoms with Gasteiger partial charge in [0.2, 0.25) is 0 Å². The van der Waals surface area contributed by atoms with Crippen LogP contribution >= 0.6 is 0 Å². The first-order chi connectivity index (χ1) is 14.2.